The van der Waals surface area contributed by atoms with E-state index in [2.05, 4.69) is 10.3 Å². The Morgan fingerprint density at radius 1 is 1.43 bits per heavy atom. The van der Waals surface area contributed by atoms with Crippen molar-refractivity contribution in [1.29, 1.82) is 0 Å². The summed E-state index contributed by atoms with van der Waals surface area (Å²) in [6, 6.07) is 2.79. The van der Waals surface area contributed by atoms with E-state index in [4.69, 9.17) is 9.52 Å². The van der Waals surface area contributed by atoms with Crippen molar-refractivity contribution >= 4 is 17.7 Å². The Morgan fingerprint density at radius 3 is 2.81 bits per heavy atom. The van der Waals surface area contributed by atoms with Gasteiger partial charge in [0.1, 0.15) is 5.76 Å². The van der Waals surface area contributed by atoms with Crippen molar-refractivity contribution in [3.05, 3.63) is 47.7 Å². The predicted molar refractivity (Wildman–Crippen MR) is 75.1 cm³/mol. The highest BCUT2D eigenvalue weighted by atomic mass is 16.4. The van der Waals surface area contributed by atoms with Gasteiger partial charge in [0.2, 0.25) is 0 Å². The zero-order chi connectivity index (χ0) is 15.4. The second-order valence-electron chi connectivity index (χ2n) is 4.56. The third kappa shape index (κ3) is 3.59. The maximum Gasteiger partial charge on any atom is 0.337 e. The highest BCUT2D eigenvalue weighted by molar-refractivity contribution is 5.92. The van der Waals surface area contributed by atoms with Crippen LogP contribution in [0.25, 0.3) is 0 Å². The normalized spacial score (nSPS) is 10.2. The van der Waals surface area contributed by atoms with Crippen molar-refractivity contribution in [1.82, 2.24) is 9.88 Å². The first-order valence-corrected chi connectivity index (χ1v) is 6.21. The number of pyridine rings is 1. The predicted octanol–water partition coefficient (Wildman–Crippen LogP) is 2.35. The van der Waals surface area contributed by atoms with Gasteiger partial charge in [-0.1, -0.05) is 0 Å². The molecule has 0 unspecified atom stereocenters. The third-order valence-corrected chi connectivity index (χ3v) is 2.96. The van der Waals surface area contributed by atoms with Crippen LogP contribution in [0.3, 0.4) is 0 Å². The van der Waals surface area contributed by atoms with E-state index in [1.807, 2.05) is 6.92 Å². The summed E-state index contributed by atoms with van der Waals surface area (Å²) in [5.74, 6) is -0.342. The van der Waals surface area contributed by atoms with Crippen molar-refractivity contribution < 1.29 is 19.1 Å². The molecule has 0 saturated heterocycles. The van der Waals surface area contributed by atoms with E-state index in [-0.39, 0.29) is 11.6 Å². The van der Waals surface area contributed by atoms with E-state index in [0.717, 1.165) is 11.3 Å². The molecule has 0 fully saturated rings. The zero-order valence-corrected chi connectivity index (χ0v) is 11.7. The summed E-state index contributed by atoms with van der Waals surface area (Å²) in [5.41, 5.74) is 1.25. The molecule has 0 aromatic carbocycles. The molecule has 2 aromatic rings. The van der Waals surface area contributed by atoms with Gasteiger partial charge in [0.05, 0.1) is 30.3 Å². The minimum Gasteiger partial charge on any atom is -0.478 e. The summed E-state index contributed by atoms with van der Waals surface area (Å²) < 4.78 is 5.17. The number of carbonyl (C=O) groups is 2. The Balaban J connectivity index is 2.02. The molecule has 2 amide bonds. The van der Waals surface area contributed by atoms with Crippen molar-refractivity contribution in [3.63, 3.8) is 0 Å². The number of anilines is 1. The van der Waals surface area contributed by atoms with Gasteiger partial charge in [-0.25, -0.2) is 9.59 Å². The molecule has 0 spiro atoms. The summed E-state index contributed by atoms with van der Waals surface area (Å²) in [6.07, 6.45) is 4.18. The molecule has 0 saturated carbocycles. The van der Waals surface area contributed by atoms with E-state index >= 15 is 0 Å². The van der Waals surface area contributed by atoms with Gasteiger partial charge in [0, 0.05) is 18.8 Å². The number of urea groups is 1. The molecule has 0 aliphatic rings. The van der Waals surface area contributed by atoms with Crippen LogP contribution in [0, 0.1) is 6.92 Å². The summed E-state index contributed by atoms with van der Waals surface area (Å²) in [5, 5.41) is 11.5. The van der Waals surface area contributed by atoms with Gasteiger partial charge in [-0.15, -0.1) is 0 Å². The minimum absolute atomic E-state index is 0.0149. The van der Waals surface area contributed by atoms with Crippen molar-refractivity contribution in [3.8, 4) is 0 Å². The number of aryl methyl sites for hydroxylation is 1. The van der Waals surface area contributed by atoms with Crippen LogP contribution in [-0.4, -0.2) is 34.0 Å². The Labute approximate surface area is 121 Å². The molecule has 7 heteroatoms. The van der Waals surface area contributed by atoms with E-state index in [9.17, 15) is 9.59 Å². The van der Waals surface area contributed by atoms with Crippen LogP contribution >= 0.6 is 0 Å². The standard InChI is InChI=1S/C14H15N3O4/c1-9-10(3-4-21-9)8-17(2)14(20)16-12-5-11(13(18)19)6-15-7-12/h3-7H,8H2,1-2H3,(H,16,20)(H,18,19). The lowest BCUT2D eigenvalue weighted by Crippen LogP contribution is -2.31. The number of furan rings is 1. The van der Waals surface area contributed by atoms with E-state index in [1.165, 1.54) is 23.4 Å². The number of hydrogen-bond acceptors (Lipinski definition) is 4. The molecule has 21 heavy (non-hydrogen) atoms. The number of hydrogen-bond donors (Lipinski definition) is 2. The molecule has 2 heterocycles. The molecular formula is C14H15N3O4. The largest absolute Gasteiger partial charge is 0.478 e. The lowest BCUT2D eigenvalue weighted by Gasteiger charge is -2.17. The number of aromatic carboxylic acids is 1. The van der Waals surface area contributed by atoms with E-state index in [1.54, 1.807) is 19.4 Å². The number of aromatic nitrogens is 1. The summed E-state index contributed by atoms with van der Waals surface area (Å²) in [6.45, 7) is 2.21. The third-order valence-electron chi connectivity index (χ3n) is 2.96. The fourth-order valence-electron chi connectivity index (χ4n) is 1.75. The Bertz CT molecular complexity index is 666. The summed E-state index contributed by atoms with van der Waals surface area (Å²) >= 11 is 0. The summed E-state index contributed by atoms with van der Waals surface area (Å²) in [4.78, 5) is 28.1. The Morgan fingerprint density at radius 2 is 2.19 bits per heavy atom. The summed E-state index contributed by atoms with van der Waals surface area (Å²) in [7, 11) is 1.64. The van der Waals surface area contributed by atoms with Gasteiger partial charge in [-0.05, 0) is 19.1 Å². The van der Waals surface area contributed by atoms with Gasteiger partial charge < -0.3 is 19.7 Å². The van der Waals surface area contributed by atoms with Crippen LogP contribution in [0.5, 0.6) is 0 Å². The second kappa shape index (κ2) is 6.08. The Hall–Kier alpha value is -2.83. The number of carbonyl (C=O) groups excluding carboxylic acids is 1. The van der Waals surface area contributed by atoms with Gasteiger partial charge in [0.25, 0.3) is 0 Å². The smallest absolute Gasteiger partial charge is 0.337 e. The molecule has 2 N–H and O–H groups in total. The molecule has 0 atom stereocenters. The maximum atomic E-state index is 12.0. The number of nitrogens with one attached hydrogen (secondary N) is 1. The quantitative estimate of drug-likeness (QED) is 0.900. The van der Waals surface area contributed by atoms with Crippen LogP contribution in [-0.2, 0) is 6.54 Å². The van der Waals surface area contributed by atoms with Gasteiger partial charge in [0.15, 0.2) is 0 Å². The average Bonchev–Trinajstić information content (AvgIpc) is 2.84. The molecule has 2 rings (SSSR count). The van der Waals surface area contributed by atoms with Crippen molar-refractivity contribution in [2.75, 3.05) is 12.4 Å². The molecule has 110 valence electrons. The Kier molecular flexibility index (Phi) is 4.22. The van der Waals surface area contributed by atoms with Gasteiger partial charge in [-0.3, -0.25) is 4.98 Å². The highest BCUT2D eigenvalue weighted by Gasteiger charge is 2.13. The molecule has 0 aliphatic heterocycles. The fourth-order valence-corrected chi connectivity index (χ4v) is 1.75. The maximum absolute atomic E-state index is 12.0. The molecule has 2 aromatic heterocycles. The van der Waals surface area contributed by atoms with Crippen LogP contribution in [0.1, 0.15) is 21.7 Å². The topological polar surface area (TPSA) is 95.7 Å². The molecule has 0 bridgehead atoms. The lowest BCUT2D eigenvalue weighted by molar-refractivity contribution is 0.0696. The van der Waals surface area contributed by atoms with E-state index in [0.29, 0.717) is 12.2 Å². The first-order valence-electron chi connectivity index (χ1n) is 6.21. The van der Waals surface area contributed by atoms with Crippen molar-refractivity contribution in [2.45, 2.75) is 13.5 Å². The average molecular weight is 289 g/mol. The van der Waals surface area contributed by atoms with Crippen LogP contribution in [0.15, 0.2) is 35.2 Å². The minimum atomic E-state index is -1.10. The molecule has 0 radical (unpaired) electrons. The number of carboxylic acid groups (broad SMARTS) is 1. The van der Waals surface area contributed by atoms with Gasteiger partial charge >= 0.3 is 12.0 Å². The second-order valence-corrected chi connectivity index (χ2v) is 4.56. The highest BCUT2D eigenvalue weighted by Crippen LogP contribution is 2.13. The van der Waals surface area contributed by atoms with Crippen LogP contribution in [0.4, 0.5) is 10.5 Å². The SMILES string of the molecule is Cc1occc1CN(C)C(=O)Nc1cncc(C(=O)O)c1. The van der Waals surface area contributed by atoms with Crippen LogP contribution < -0.4 is 5.32 Å². The van der Waals surface area contributed by atoms with Crippen molar-refractivity contribution in [2.24, 2.45) is 0 Å². The number of amides is 2. The fraction of sp³-hybridized carbons (Fsp3) is 0.214. The van der Waals surface area contributed by atoms with E-state index < -0.39 is 5.97 Å². The monoisotopic (exact) mass is 289 g/mol. The number of nitrogens with zero attached hydrogens (tertiary/aromatic N) is 2. The lowest BCUT2D eigenvalue weighted by atomic mass is 10.2. The van der Waals surface area contributed by atoms with Gasteiger partial charge in [-0.2, -0.15) is 0 Å². The number of rotatable bonds is 4. The zero-order valence-electron chi connectivity index (χ0n) is 11.7. The molecular weight excluding hydrogens is 274 g/mol. The molecule has 0 aliphatic carbocycles. The first-order chi connectivity index (χ1) is 9.97. The van der Waals surface area contributed by atoms with Crippen LogP contribution in [0.2, 0.25) is 0 Å². The number of carboxylic acids is 1. The molecule has 7 nitrogen and oxygen atoms in total. The first kappa shape index (κ1) is 14.6.